The van der Waals surface area contributed by atoms with Gasteiger partial charge in [-0.2, -0.15) is 37.9 Å². The van der Waals surface area contributed by atoms with E-state index in [1.54, 1.807) is 21.0 Å². The highest BCUT2D eigenvalue weighted by atomic mass is 32.1. The number of esters is 4. The predicted molar refractivity (Wildman–Crippen MR) is 298 cm³/mol. The second-order valence-corrected chi connectivity index (χ2v) is 17.1. The molecular formula is C49H92O28S3. The van der Waals surface area contributed by atoms with E-state index in [0.717, 1.165) is 0 Å². The second kappa shape index (κ2) is 70.3. The molecule has 0 amide bonds. The molecule has 0 spiro atoms. The Hall–Kier alpha value is -4.83. The molecule has 0 saturated heterocycles. The van der Waals surface area contributed by atoms with Gasteiger partial charge in [0.05, 0.1) is 83.5 Å². The fourth-order valence-corrected chi connectivity index (χ4v) is 3.90. The molecule has 80 heavy (non-hydrogen) atoms. The molecule has 0 aromatic rings. The Kier molecular flexibility index (Phi) is 83.0. The molecule has 28 nitrogen and oxygen atoms in total. The lowest BCUT2D eigenvalue weighted by Crippen LogP contribution is -2.24. The van der Waals surface area contributed by atoms with Crippen molar-refractivity contribution in [3.05, 3.63) is 0 Å². The van der Waals surface area contributed by atoms with E-state index >= 15 is 0 Å². The summed E-state index contributed by atoms with van der Waals surface area (Å²) in [6.07, 6.45) is -0.800. The summed E-state index contributed by atoms with van der Waals surface area (Å²) in [5.74, 6) is -6.33. The molecule has 6 unspecified atom stereocenters. The third-order valence-corrected chi connectivity index (χ3v) is 8.45. The molecule has 0 radical (unpaired) electrons. The quantitative estimate of drug-likeness (QED) is 0.0198. The number of carboxylic acid groups (broad SMARTS) is 4. The summed E-state index contributed by atoms with van der Waals surface area (Å²) in [5, 5.41) is 60.7. The Balaban J connectivity index is -0.000000105. The molecule has 0 rings (SSSR count). The number of hydrogen-bond donors (Lipinski definition) is 11. The summed E-state index contributed by atoms with van der Waals surface area (Å²) >= 11 is 11.4. The number of aliphatic hydroxyl groups is 4. The first kappa shape index (κ1) is 94.4. The number of carbonyl (C=O) groups excluding carboxylic acids is 8. The van der Waals surface area contributed by atoms with E-state index in [-0.39, 0.29) is 145 Å². The summed E-state index contributed by atoms with van der Waals surface area (Å²) in [6, 6.07) is 0. The number of hydrogen-bond acceptors (Lipinski definition) is 27. The maximum atomic E-state index is 11.2. The van der Waals surface area contributed by atoms with E-state index in [2.05, 4.69) is 47.4 Å². The van der Waals surface area contributed by atoms with E-state index in [0.29, 0.717) is 13.2 Å². The van der Waals surface area contributed by atoms with Crippen LogP contribution in [0.25, 0.3) is 0 Å². The Labute approximate surface area is 485 Å². The molecule has 0 aliphatic rings. The SMILES string of the molecule is CC.CC(O)CO.COC(C)COC(=O)C(S)CC(C)=O.COC(C)COC(=O)CCC(C)=O.COCCOC(=O)C(S)CC(C)=O.COCCOC(=O)CCC(C)=O.O=C(O)CC(S)C(=O)O.O=C(O)CCC(=O)O.OCCO. The van der Waals surface area contributed by atoms with Crippen molar-refractivity contribution in [1.82, 2.24) is 0 Å². The molecule has 0 aliphatic carbocycles. The first-order chi connectivity index (χ1) is 37.1. The van der Waals surface area contributed by atoms with Gasteiger partial charge in [-0.15, -0.1) is 0 Å². The van der Waals surface area contributed by atoms with Gasteiger partial charge in [0.2, 0.25) is 0 Å². The Bertz CT molecular complexity index is 1620. The number of ketones is 4. The minimum absolute atomic E-state index is 0.00121. The first-order valence-corrected chi connectivity index (χ1v) is 25.8. The van der Waals surface area contributed by atoms with Gasteiger partial charge in [-0.05, 0) is 48.5 Å². The number of Topliss-reactive ketones (excluding diaryl/α,β-unsaturated/α-hetero) is 4. The smallest absolute Gasteiger partial charge is 0.319 e. The second-order valence-electron chi connectivity index (χ2n) is 15.2. The van der Waals surface area contributed by atoms with Crippen LogP contribution in [0.15, 0.2) is 0 Å². The molecular weight excluding hydrogens is 1130 g/mol. The predicted octanol–water partition coefficient (Wildman–Crippen LogP) is 1.91. The summed E-state index contributed by atoms with van der Waals surface area (Å²) in [4.78, 5) is 125. The summed E-state index contributed by atoms with van der Waals surface area (Å²) in [6.45, 7) is 16.1. The van der Waals surface area contributed by atoms with Crippen LogP contribution in [0.2, 0.25) is 0 Å². The Morgan fingerprint density at radius 3 is 1.00 bits per heavy atom. The number of methoxy groups -OCH3 is 4. The Morgan fingerprint density at radius 1 is 0.425 bits per heavy atom. The lowest BCUT2D eigenvalue weighted by atomic mass is 10.2. The fraction of sp³-hybridized carbons (Fsp3) is 0.755. The largest absolute Gasteiger partial charge is 0.481 e. The van der Waals surface area contributed by atoms with Crippen LogP contribution in [0.4, 0.5) is 0 Å². The minimum atomic E-state index is -1.21. The lowest BCUT2D eigenvalue weighted by molar-refractivity contribution is -0.148. The first-order valence-electron chi connectivity index (χ1n) is 24.2. The molecule has 0 aromatic carbocycles. The van der Waals surface area contributed by atoms with Crippen molar-refractivity contribution in [2.45, 2.75) is 154 Å². The van der Waals surface area contributed by atoms with E-state index in [4.69, 9.17) is 69.3 Å². The maximum Gasteiger partial charge on any atom is 0.319 e. The van der Waals surface area contributed by atoms with Gasteiger partial charge in [0.1, 0.15) is 65.3 Å². The molecule has 0 aromatic heterocycles. The van der Waals surface area contributed by atoms with Gasteiger partial charge in [-0.1, -0.05) is 13.8 Å². The molecule has 0 bridgehead atoms. The van der Waals surface area contributed by atoms with Gasteiger partial charge in [0, 0.05) is 54.1 Å². The number of ether oxygens (including phenoxy) is 8. The van der Waals surface area contributed by atoms with E-state index < -0.39 is 64.1 Å². The molecule has 8 N–H and O–H groups in total. The molecule has 0 aliphatic heterocycles. The van der Waals surface area contributed by atoms with Gasteiger partial charge in [0.25, 0.3) is 0 Å². The van der Waals surface area contributed by atoms with Crippen molar-refractivity contribution in [3.63, 3.8) is 0 Å². The van der Waals surface area contributed by atoms with Crippen LogP contribution in [0.5, 0.6) is 0 Å². The molecule has 0 heterocycles. The summed E-state index contributed by atoms with van der Waals surface area (Å²) in [7, 11) is 6.13. The minimum Gasteiger partial charge on any atom is -0.481 e. The summed E-state index contributed by atoms with van der Waals surface area (Å²) in [5.41, 5.74) is 0. The van der Waals surface area contributed by atoms with Gasteiger partial charge in [0.15, 0.2) is 0 Å². The summed E-state index contributed by atoms with van der Waals surface area (Å²) < 4.78 is 38.3. The van der Waals surface area contributed by atoms with Crippen molar-refractivity contribution < 1.29 is 136 Å². The zero-order valence-corrected chi connectivity index (χ0v) is 51.0. The molecule has 6 atom stereocenters. The third kappa shape index (κ3) is 102. The van der Waals surface area contributed by atoms with E-state index in [9.17, 15) is 57.5 Å². The van der Waals surface area contributed by atoms with Crippen LogP contribution < -0.4 is 0 Å². The highest BCUT2D eigenvalue weighted by molar-refractivity contribution is 7.82. The van der Waals surface area contributed by atoms with Crippen molar-refractivity contribution in [1.29, 1.82) is 0 Å². The highest BCUT2D eigenvalue weighted by Crippen LogP contribution is 2.06. The lowest BCUT2D eigenvalue weighted by Gasteiger charge is -2.12. The van der Waals surface area contributed by atoms with Crippen LogP contribution in [0.3, 0.4) is 0 Å². The van der Waals surface area contributed by atoms with Gasteiger partial charge >= 0.3 is 47.8 Å². The molecule has 0 saturated carbocycles. The number of thiol groups is 3. The zero-order chi connectivity index (χ0) is 64.8. The monoisotopic (exact) mass is 1220 g/mol. The fourth-order valence-electron chi connectivity index (χ4n) is 3.08. The maximum absolute atomic E-state index is 11.2. The number of aliphatic carboxylic acids is 4. The number of rotatable bonds is 32. The van der Waals surface area contributed by atoms with E-state index in [1.807, 2.05) is 13.8 Å². The Morgan fingerprint density at radius 2 is 0.750 bits per heavy atom. The number of carbonyl (C=O) groups is 12. The van der Waals surface area contributed by atoms with Crippen LogP contribution >= 0.6 is 37.9 Å². The topological polar surface area (TPSA) is 441 Å². The normalized spacial score (nSPS) is 11.6. The van der Waals surface area contributed by atoms with Crippen LogP contribution in [0.1, 0.15) is 120 Å². The van der Waals surface area contributed by atoms with Crippen LogP contribution in [-0.4, -0.2) is 234 Å². The van der Waals surface area contributed by atoms with E-state index in [1.165, 1.54) is 55.9 Å². The van der Waals surface area contributed by atoms with Gasteiger partial charge < -0.3 is 88.3 Å². The number of carboxylic acids is 4. The standard InChI is InChI=1S/C9H16O4S.C9H16O4.C8H14O4S.C8H14O4.C4H6O4S.C4H6O4.C3H8O2.C2H6O2.C2H6/c1-6(10)4-8(14)9(11)13-5-7(2)12-3;1-7(10)4-5-9(11)13-6-8(2)12-3;1-6(9)5-7(13)8(10)12-4-3-11-2;1-7(9)3-4-8(10)12-6-5-11-2;5-3(6)1-2(9)4(7)8;5-3(6)1-2-4(7)8;1-3(5)2-4;3-1-2-4;1-2/h7-8,14H,4-5H2,1-3H3;8H,4-6H2,1-3H3;7,13H,3-5H2,1-2H3;3-6H2,1-2H3;2,9H,1H2,(H,5,6)(H,7,8);1-2H2,(H,5,6)(H,7,8);3-5H,2H2,1H3;3-4H,1-2H2;1-2H3. The highest BCUT2D eigenvalue weighted by Gasteiger charge is 2.19. The van der Waals surface area contributed by atoms with Gasteiger partial charge in [-0.3, -0.25) is 47.9 Å². The van der Waals surface area contributed by atoms with Crippen molar-refractivity contribution >= 4 is 109 Å². The van der Waals surface area contributed by atoms with Crippen molar-refractivity contribution in [3.8, 4) is 0 Å². The van der Waals surface area contributed by atoms with Crippen LogP contribution in [-0.2, 0) is 95.4 Å². The number of aliphatic hydroxyl groups excluding tert-OH is 4. The average Bonchev–Trinajstić information content (AvgIpc) is 3.38. The van der Waals surface area contributed by atoms with Gasteiger partial charge in [-0.25, -0.2) is 0 Å². The molecule has 474 valence electrons. The molecule has 0 fully saturated rings. The zero-order valence-electron chi connectivity index (χ0n) is 48.3. The van der Waals surface area contributed by atoms with Crippen molar-refractivity contribution in [2.24, 2.45) is 0 Å². The molecule has 31 heteroatoms. The van der Waals surface area contributed by atoms with Crippen molar-refractivity contribution in [2.75, 3.05) is 87.9 Å². The average molecular weight is 1230 g/mol. The van der Waals surface area contributed by atoms with Crippen LogP contribution in [0, 0.1) is 0 Å². The third-order valence-electron chi connectivity index (χ3n) is 7.26.